The van der Waals surface area contributed by atoms with E-state index in [0.29, 0.717) is 12.1 Å². The molecular weight excluding hydrogens is 293 g/mol. The number of hydrogen-bond donors (Lipinski definition) is 2. The molecule has 1 aromatic rings. The van der Waals surface area contributed by atoms with Crippen molar-refractivity contribution in [3.63, 3.8) is 0 Å². The fourth-order valence-electron chi connectivity index (χ4n) is 2.83. The summed E-state index contributed by atoms with van der Waals surface area (Å²) >= 11 is 0. The minimum absolute atomic E-state index is 0.313. The summed E-state index contributed by atoms with van der Waals surface area (Å²) in [6.07, 6.45) is 6.83. The largest absolute Gasteiger partial charge is 0.392 e. The Morgan fingerprint density at radius 3 is 2.62 bits per heavy atom. The first-order valence-corrected chi connectivity index (χ1v) is 8.90. The third-order valence-corrected chi connectivity index (χ3v) is 5.52. The first-order valence-electron chi connectivity index (χ1n) is 7.42. The number of aliphatic hydroxyl groups excluding tert-OH is 1. The highest BCUT2D eigenvalue weighted by atomic mass is 32.2. The Bertz CT molecular complexity index is 568. The Morgan fingerprint density at radius 1 is 1.29 bits per heavy atom. The van der Waals surface area contributed by atoms with E-state index in [4.69, 9.17) is 5.11 Å². The Labute approximate surface area is 125 Å². The number of sulfonamides is 1. The van der Waals surface area contributed by atoms with E-state index in [9.17, 15) is 12.8 Å². The van der Waals surface area contributed by atoms with Crippen LogP contribution in [0, 0.1) is 11.7 Å². The van der Waals surface area contributed by atoms with Crippen LogP contribution in [0.4, 0.5) is 4.39 Å². The molecule has 0 bridgehead atoms. The Hall–Kier alpha value is -0.980. The zero-order valence-electron chi connectivity index (χ0n) is 12.0. The molecular formula is C15H22FNO3S. The third kappa shape index (κ3) is 4.49. The van der Waals surface area contributed by atoms with Gasteiger partial charge in [-0.1, -0.05) is 31.7 Å². The van der Waals surface area contributed by atoms with Gasteiger partial charge in [0.25, 0.3) is 0 Å². The molecule has 0 unspecified atom stereocenters. The van der Waals surface area contributed by atoms with E-state index < -0.39 is 15.8 Å². The molecule has 0 spiro atoms. The van der Waals surface area contributed by atoms with Crippen LogP contribution >= 0.6 is 0 Å². The molecule has 1 aliphatic carbocycles. The normalized spacial score (nSPS) is 16.5. The van der Waals surface area contributed by atoms with Crippen molar-refractivity contribution in [1.82, 2.24) is 4.72 Å². The Balaban J connectivity index is 1.88. The molecule has 0 saturated heterocycles. The molecule has 4 nitrogen and oxygen atoms in total. The SMILES string of the molecule is O=S(=O)(NCCCC1CCCC1)c1ccc(CO)cc1F. The fourth-order valence-corrected chi connectivity index (χ4v) is 3.97. The van der Waals surface area contributed by atoms with Gasteiger partial charge in [-0.15, -0.1) is 0 Å². The predicted octanol–water partition coefficient (Wildman–Crippen LogP) is 2.57. The van der Waals surface area contributed by atoms with E-state index >= 15 is 0 Å². The van der Waals surface area contributed by atoms with Gasteiger partial charge in [-0.3, -0.25) is 0 Å². The van der Waals surface area contributed by atoms with Gasteiger partial charge in [-0.25, -0.2) is 17.5 Å². The molecule has 1 fully saturated rings. The molecule has 6 heteroatoms. The average Bonchev–Trinajstić information content (AvgIpc) is 2.96. The molecule has 1 aromatic carbocycles. The van der Waals surface area contributed by atoms with E-state index in [1.807, 2.05) is 0 Å². The summed E-state index contributed by atoms with van der Waals surface area (Å²) in [5, 5.41) is 8.90. The monoisotopic (exact) mass is 315 g/mol. The highest BCUT2D eigenvalue weighted by Crippen LogP contribution is 2.28. The van der Waals surface area contributed by atoms with Gasteiger partial charge in [0, 0.05) is 6.54 Å². The highest BCUT2D eigenvalue weighted by molar-refractivity contribution is 7.89. The van der Waals surface area contributed by atoms with E-state index in [0.717, 1.165) is 24.8 Å². The minimum atomic E-state index is -3.82. The van der Waals surface area contributed by atoms with Crippen LogP contribution in [0.2, 0.25) is 0 Å². The maximum atomic E-state index is 13.8. The quantitative estimate of drug-likeness (QED) is 0.760. The standard InChI is InChI=1S/C15H22FNO3S/c16-14-10-13(11-18)7-8-15(14)21(19,20)17-9-3-6-12-4-1-2-5-12/h7-8,10,12,17-18H,1-6,9,11H2. The lowest BCUT2D eigenvalue weighted by atomic mass is 10.0. The molecule has 0 amide bonds. The first kappa shape index (κ1) is 16.4. The lowest BCUT2D eigenvalue weighted by molar-refractivity contribution is 0.281. The maximum absolute atomic E-state index is 13.8. The Kier molecular flexibility index (Phi) is 5.72. The summed E-state index contributed by atoms with van der Waals surface area (Å²) in [5.74, 6) is -0.111. The van der Waals surface area contributed by atoms with E-state index in [-0.39, 0.29) is 11.5 Å². The molecule has 2 rings (SSSR count). The molecule has 0 heterocycles. The second-order valence-corrected chi connectivity index (χ2v) is 7.35. The van der Waals surface area contributed by atoms with Gasteiger partial charge < -0.3 is 5.11 Å². The van der Waals surface area contributed by atoms with Crippen molar-refractivity contribution in [3.8, 4) is 0 Å². The van der Waals surface area contributed by atoms with Gasteiger partial charge in [-0.2, -0.15) is 0 Å². The molecule has 2 N–H and O–H groups in total. The van der Waals surface area contributed by atoms with Gasteiger partial charge in [0.15, 0.2) is 0 Å². The van der Waals surface area contributed by atoms with Gasteiger partial charge >= 0.3 is 0 Å². The van der Waals surface area contributed by atoms with Crippen molar-refractivity contribution >= 4 is 10.0 Å². The molecule has 0 radical (unpaired) electrons. The number of halogens is 1. The maximum Gasteiger partial charge on any atom is 0.243 e. The summed E-state index contributed by atoms with van der Waals surface area (Å²) in [5.41, 5.74) is 0.354. The molecule has 0 aromatic heterocycles. The molecule has 21 heavy (non-hydrogen) atoms. The molecule has 0 aliphatic heterocycles. The van der Waals surface area contributed by atoms with E-state index in [1.165, 1.54) is 37.8 Å². The van der Waals surface area contributed by atoms with Gasteiger partial charge in [-0.05, 0) is 36.5 Å². The van der Waals surface area contributed by atoms with E-state index in [2.05, 4.69) is 4.72 Å². The number of aliphatic hydroxyl groups is 1. The van der Waals surface area contributed by atoms with Crippen LogP contribution in [0.3, 0.4) is 0 Å². The number of rotatable bonds is 7. The summed E-state index contributed by atoms with van der Waals surface area (Å²) in [6, 6.07) is 3.66. The summed E-state index contributed by atoms with van der Waals surface area (Å²) < 4.78 is 40.3. The Morgan fingerprint density at radius 2 is 2.00 bits per heavy atom. The van der Waals surface area contributed by atoms with Gasteiger partial charge in [0.05, 0.1) is 6.61 Å². The molecule has 0 atom stereocenters. The van der Waals surface area contributed by atoms with Crippen LogP contribution in [-0.2, 0) is 16.6 Å². The van der Waals surface area contributed by atoms with Crippen molar-refractivity contribution in [2.45, 2.75) is 50.0 Å². The zero-order valence-corrected chi connectivity index (χ0v) is 12.8. The molecule has 1 aliphatic rings. The second-order valence-electron chi connectivity index (χ2n) is 5.61. The topological polar surface area (TPSA) is 66.4 Å². The van der Waals surface area contributed by atoms with Crippen molar-refractivity contribution in [2.75, 3.05) is 6.54 Å². The van der Waals surface area contributed by atoms with Crippen LogP contribution in [0.1, 0.15) is 44.1 Å². The predicted molar refractivity (Wildman–Crippen MR) is 78.7 cm³/mol. The third-order valence-electron chi connectivity index (χ3n) is 4.02. The summed E-state index contributed by atoms with van der Waals surface area (Å²) in [4.78, 5) is -0.361. The zero-order chi connectivity index (χ0) is 15.3. The van der Waals surface area contributed by atoms with Crippen molar-refractivity contribution in [1.29, 1.82) is 0 Å². The molecule has 1 saturated carbocycles. The van der Waals surface area contributed by atoms with Crippen molar-refractivity contribution < 1.29 is 17.9 Å². The van der Waals surface area contributed by atoms with Crippen LogP contribution in [0.5, 0.6) is 0 Å². The lowest BCUT2D eigenvalue weighted by Gasteiger charge is -2.10. The van der Waals surface area contributed by atoms with Crippen LogP contribution in [0.15, 0.2) is 23.1 Å². The van der Waals surface area contributed by atoms with Crippen LogP contribution < -0.4 is 4.72 Å². The smallest absolute Gasteiger partial charge is 0.243 e. The number of nitrogens with one attached hydrogen (secondary N) is 1. The number of benzene rings is 1. The van der Waals surface area contributed by atoms with Crippen molar-refractivity contribution in [2.24, 2.45) is 5.92 Å². The first-order chi connectivity index (χ1) is 10.0. The summed E-state index contributed by atoms with van der Waals surface area (Å²) in [6.45, 7) is 0.0199. The molecule has 118 valence electrons. The minimum Gasteiger partial charge on any atom is -0.392 e. The van der Waals surface area contributed by atoms with E-state index in [1.54, 1.807) is 0 Å². The second kappa shape index (κ2) is 7.33. The lowest BCUT2D eigenvalue weighted by Crippen LogP contribution is -2.26. The van der Waals surface area contributed by atoms with Gasteiger partial charge in [0.2, 0.25) is 10.0 Å². The number of hydrogen-bond acceptors (Lipinski definition) is 3. The fraction of sp³-hybridized carbons (Fsp3) is 0.600. The average molecular weight is 315 g/mol. The van der Waals surface area contributed by atoms with Gasteiger partial charge in [0.1, 0.15) is 10.7 Å². The van der Waals surface area contributed by atoms with Crippen LogP contribution in [-0.4, -0.2) is 20.1 Å². The van der Waals surface area contributed by atoms with Crippen LogP contribution in [0.25, 0.3) is 0 Å². The summed E-state index contributed by atoms with van der Waals surface area (Å²) in [7, 11) is -3.82. The highest BCUT2D eigenvalue weighted by Gasteiger charge is 2.19. The van der Waals surface area contributed by atoms with Crippen molar-refractivity contribution in [3.05, 3.63) is 29.6 Å².